The molecule has 0 saturated carbocycles. The van der Waals surface area contributed by atoms with Gasteiger partial charge in [0.25, 0.3) is 0 Å². The van der Waals surface area contributed by atoms with Gasteiger partial charge >= 0.3 is 0 Å². The van der Waals surface area contributed by atoms with Crippen molar-refractivity contribution < 1.29 is 0 Å². The van der Waals surface area contributed by atoms with Crippen LogP contribution in [-0.2, 0) is 26.4 Å². The number of hydrogen-bond donors (Lipinski definition) is 1. The lowest BCUT2D eigenvalue weighted by atomic mass is 10.2. The third kappa shape index (κ3) is 1.88. The molecule has 2 heterocycles. The fourth-order valence-electron chi connectivity index (χ4n) is 2.26. The van der Waals surface area contributed by atoms with Crippen molar-refractivity contribution in [1.82, 2.24) is 19.7 Å². The van der Waals surface area contributed by atoms with Crippen molar-refractivity contribution in [3.05, 3.63) is 35.5 Å². The molecule has 0 amide bonds. The third-order valence-electron chi connectivity index (χ3n) is 3.23. The zero-order chi connectivity index (χ0) is 11.7. The number of nitrogens with one attached hydrogen (secondary N) is 1. The lowest BCUT2D eigenvalue weighted by molar-refractivity contribution is 0.719. The highest BCUT2D eigenvalue weighted by Crippen LogP contribution is 2.25. The highest BCUT2D eigenvalue weighted by atomic mass is 15.3. The zero-order valence-electron chi connectivity index (χ0n) is 9.85. The van der Waals surface area contributed by atoms with Crippen LogP contribution >= 0.6 is 0 Å². The van der Waals surface area contributed by atoms with Gasteiger partial charge in [0.05, 0.1) is 12.2 Å². The van der Waals surface area contributed by atoms with Crippen LogP contribution in [0, 0.1) is 0 Å². The molecule has 1 aliphatic carbocycles. The highest BCUT2D eigenvalue weighted by molar-refractivity contribution is 5.48. The fraction of sp³-hybridized carbons (Fsp3) is 0.417. The maximum absolute atomic E-state index is 4.33. The van der Waals surface area contributed by atoms with Crippen molar-refractivity contribution in [3.8, 4) is 0 Å². The molecule has 0 radical (unpaired) electrons. The normalized spacial score (nSPS) is 13.7. The van der Waals surface area contributed by atoms with Crippen LogP contribution in [0.25, 0.3) is 0 Å². The summed E-state index contributed by atoms with van der Waals surface area (Å²) in [6.07, 6.45) is 6.81. The molecule has 0 aliphatic heterocycles. The zero-order valence-corrected chi connectivity index (χ0v) is 9.85. The summed E-state index contributed by atoms with van der Waals surface area (Å²) < 4.78 is 1.87. The molecule has 2 aromatic rings. The molecule has 0 spiro atoms. The van der Waals surface area contributed by atoms with Crippen molar-refractivity contribution >= 4 is 5.82 Å². The van der Waals surface area contributed by atoms with Gasteiger partial charge < -0.3 is 5.32 Å². The first-order chi connectivity index (χ1) is 8.34. The Bertz CT molecular complexity index is 531. The monoisotopic (exact) mass is 229 g/mol. The molecule has 0 atom stereocenters. The molecule has 1 aliphatic rings. The van der Waals surface area contributed by atoms with E-state index in [-0.39, 0.29) is 0 Å². The van der Waals surface area contributed by atoms with E-state index in [1.54, 1.807) is 12.5 Å². The highest BCUT2D eigenvalue weighted by Gasteiger charge is 2.16. The van der Waals surface area contributed by atoms with E-state index in [2.05, 4.69) is 20.4 Å². The number of rotatable bonds is 3. The van der Waals surface area contributed by atoms with E-state index >= 15 is 0 Å². The second-order valence-corrected chi connectivity index (χ2v) is 4.30. The largest absolute Gasteiger partial charge is 0.364 e. The first-order valence-electron chi connectivity index (χ1n) is 5.88. The van der Waals surface area contributed by atoms with Gasteiger partial charge in [-0.25, -0.2) is 9.97 Å². The van der Waals surface area contributed by atoms with Gasteiger partial charge in [-0.15, -0.1) is 0 Å². The van der Waals surface area contributed by atoms with E-state index in [1.807, 2.05) is 17.8 Å². The van der Waals surface area contributed by atoms with E-state index in [1.165, 1.54) is 17.7 Å². The Morgan fingerprint density at radius 2 is 2.29 bits per heavy atom. The molecular formula is C12H15N5. The van der Waals surface area contributed by atoms with Crippen LogP contribution in [-0.4, -0.2) is 19.7 Å². The predicted molar refractivity (Wildman–Crippen MR) is 64.6 cm³/mol. The molecule has 0 bridgehead atoms. The summed E-state index contributed by atoms with van der Waals surface area (Å²) in [6, 6.07) is 2.01. The molecule has 2 aromatic heterocycles. The number of aryl methyl sites for hydroxylation is 2. The van der Waals surface area contributed by atoms with Crippen molar-refractivity contribution in [2.75, 3.05) is 5.32 Å². The minimum absolute atomic E-state index is 0.750. The molecule has 0 fully saturated rings. The van der Waals surface area contributed by atoms with Crippen LogP contribution in [0.1, 0.15) is 23.4 Å². The van der Waals surface area contributed by atoms with Crippen molar-refractivity contribution in [3.63, 3.8) is 0 Å². The lowest BCUT2D eigenvalue weighted by Crippen LogP contribution is -2.08. The summed E-state index contributed by atoms with van der Waals surface area (Å²) >= 11 is 0. The van der Waals surface area contributed by atoms with Crippen LogP contribution < -0.4 is 5.32 Å². The minimum Gasteiger partial charge on any atom is -0.364 e. The van der Waals surface area contributed by atoms with E-state index in [0.29, 0.717) is 0 Å². The Balaban J connectivity index is 1.78. The Morgan fingerprint density at radius 3 is 3.12 bits per heavy atom. The average molecular weight is 229 g/mol. The van der Waals surface area contributed by atoms with Gasteiger partial charge in [-0.05, 0) is 25.3 Å². The first kappa shape index (κ1) is 10.3. The predicted octanol–water partition coefficient (Wildman–Crippen LogP) is 1.31. The Morgan fingerprint density at radius 1 is 1.35 bits per heavy atom. The van der Waals surface area contributed by atoms with Gasteiger partial charge in [0.15, 0.2) is 0 Å². The maximum Gasteiger partial charge on any atom is 0.133 e. The van der Waals surface area contributed by atoms with Gasteiger partial charge in [-0.3, -0.25) is 4.68 Å². The molecular weight excluding hydrogens is 214 g/mol. The average Bonchev–Trinajstić information content (AvgIpc) is 2.95. The number of aromatic nitrogens is 4. The van der Waals surface area contributed by atoms with E-state index in [4.69, 9.17) is 0 Å². The SMILES string of the molecule is Cn1nccc1CNc1ncnc2c1CCC2. The number of fused-ring (bicyclic) bond motifs is 1. The lowest BCUT2D eigenvalue weighted by Gasteiger charge is -2.09. The standard InChI is InChI=1S/C12H15N5/c1-17-9(5-6-16-17)7-13-12-10-3-2-4-11(10)14-8-15-12/h5-6,8H,2-4,7H2,1H3,(H,13,14,15). The molecule has 1 N–H and O–H groups in total. The van der Waals surface area contributed by atoms with Gasteiger partial charge in [0.1, 0.15) is 12.1 Å². The summed E-state index contributed by atoms with van der Waals surface area (Å²) in [5, 5.41) is 7.52. The fourth-order valence-corrected chi connectivity index (χ4v) is 2.26. The molecule has 0 aromatic carbocycles. The molecule has 88 valence electrons. The first-order valence-corrected chi connectivity index (χ1v) is 5.88. The molecule has 3 rings (SSSR count). The van der Waals surface area contributed by atoms with E-state index in [0.717, 1.165) is 30.9 Å². The number of hydrogen-bond acceptors (Lipinski definition) is 4. The Labute approximate surface area is 99.9 Å². The number of nitrogens with zero attached hydrogens (tertiary/aromatic N) is 4. The van der Waals surface area contributed by atoms with Crippen LogP contribution in [0.5, 0.6) is 0 Å². The summed E-state index contributed by atoms with van der Waals surface area (Å²) in [5.41, 5.74) is 3.64. The Kier molecular flexibility index (Phi) is 2.51. The summed E-state index contributed by atoms with van der Waals surface area (Å²) in [5.74, 6) is 0.980. The third-order valence-corrected chi connectivity index (χ3v) is 3.23. The van der Waals surface area contributed by atoms with Gasteiger partial charge in [-0.1, -0.05) is 0 Å². The van der Waals surface area contributed by atoms with E-state index < -0.39 is 0 Å². The van der Waals surface area contributed by atoms with Crippen LogP contribution in [0.15, 0.2) is 18.6 Å². The van der Waals surface area contributed by atoms with Gasteiger partial charge in [-0.2, -0.15) is 5.10 Å². The van der Waals surface area contributed by atoms with E-state index in [9.17, 15) is 0 Å². The van der Waals surface area contributed by atoms with Crippen molar-refractivity contribution in [1.29, 1.82) is 0 Å². The van der Waals surface area contributed by atoms with Crippen molar-refractivity contribution in [2.45, 2.75) is 25.8 Å². The smallest absolute Gasteiger partial charge is 0.133 e. The Hall–Kier alpha value is -1.91. The van der Waals surface area contributed by atoms with Gasteiger partial charge in [0.2, 0.25) is 0 Å². The second-order valence-electron chi connectivity index (χ2n) is 4.30. The van der Waals surface area contributed by atoms with Crippen LogP contribution in [0.2, 0.25) is 0 Å². The molecule has 5 nitrogen and oxygen atoms in total. The minimum atomic E-state index is 0.750. The quantitative estimate of drug-likeness (QED) is 0.862. The summed E-state index contributed by atoms with van der Waals surface area (Å²) in [4.78, 5) is 8.64. The molecule has 0 unspecified atom stereocenters. The van der Waals surface area contributed by atoms with Crippen LogP contribution in [0.3, 0.4) is 0 Å². The number of anilines is 1. The van der Waals surface area contributed by atoms with Crippen molar-refractivity contribution in [2.24, 2.45) is 7.05 Å². The molecule has 17 heavy (non-hydrogen) atoms. The second kappa shape index (κ2) is 4.16. The van der Waals surface area contributed by atoms with Crippen LogP contribution in [0.4, 0.5) is 5.82 Å². The molecule has 5 heteroatoms. The topological polar surface area (TPSA) is 55.6 Å². The summed E-state index contributed by atoms with van der Waals surface area (Å²) in [7, 11) is 1.95. The molecule has 0 saturated heterocycles. The maximum atomic E-state index is 4.33. The van der Waals surface area contributed by atoms with Gasteiger partial charge in [0, 0.05) is 24.5 Å². The summed E-state index contributed by atoms with van der Waals surface area (Å²) in [6.45, 7) is 0.750.